The van der Waals surface area contributed by atoms with Crippen LogP contribution in [0.25, 0.3) is 0 Å². The number of likely N-dealkylation sites (tertiary alicyclic amines) is 1. The summed E-state index contributed by atoms with van der Waals surface area (Å²) in [6.07, 6.45) is 3.07. The number of hydrogen-bond donors (Lipinski definition) is 1. The number of piperidine rings is 1. The molecule has 0 aromatic carbocycles. The van der Waals surface area contributed by atoms with Crippen LogP contribution < -0.4 is 5.32 Å². The predicted molar refractivity (Wildman–Crippen MR) is 82.0 cm³/mol. The molecule has 0 atom stereocenters. The van der Waals surface area contributed by atoms with Crippen LogP contribution in [0.4, 0.5) is 4.79 Å². The predicted octanol–water partition coefficient (Wildman–Crippen LogP) is 2.26. The fraction of sp³-hybridized carbons (Fsp3) is 0.857. The molecule has 1 N–H and O–H groups in total. The van der Waals surface area contributed by atoms with E-state index in [0.29, 0.717) is 12.3 Å². The third kappa shape index (κ3) is 7.62. The molecule has 20 heavy (non-hydrogen) atoms. The van der Waals surface area contributed by atoms with E-state index in [2.05, 4.69) is 5.32 Å². The van der Waals surface area contributed by atoms with E-state index < -0.39 is 11.7 Å². The van der Waals surface area contributed by atoms with Crippen LogP contribution >= 0.6 is 11.8 Å². The monoisotopic (exact) mass is 302 g/mol. The Kier molecular flexibility index (Phi) is 7.19. The first kappa shape index (κ1) is 17.1. The molecule has 0 spiro atoms. The van der Waals surface area contributed by atoms with Gasteiger partial charge in [0.15, 0.2) is 0 Å². The minimum atomic E-state index is -0.471. The normalized spacial score (nSPS) is 15.8. The quantitative estimate of drug-likeness (QED) is 0.791. The lowest BCUT2D eigenvalue weighted by molar-refractivity contribution is -0.129. The van der Waals surface area contributed by atoms with Crippen molar-refractivity contribution >= 4 is 23.8 Å². The highest BCUT2D eigenvalue weighted by Crippen LogP contribution is 2.11. The number of thioether (sulfide) groups is 1. The van der Waals surface area contributed by atoms with Crippen LogP contribution in [0.3, 0.4) is 0 Å². The number of carbonyl (C=O) groups is 2. The van der Waals surface area contributed by atoms with Crippen molar-refractivity contribution in [3.8, 4) is 0 Å². The highest BCUT2D eigenvalue weighted by molar-refractivity contribution is 7.99. The summed E-state index contributed by atoms with van der Waals surface area (Å²) in [5, 5.41) is 2.69. The third-order valence-electron chi connectivity index (χ3n) is 2.85. The van der Waals surface area contributed by atoms with Crippen LogP contribution in [0.15, 0.2) is 0 Å². The summed E-state index contributed by atoms with van der Waals surface area (Å²) in [6, 6.07) is 0. The molecule has 2 amide bonds. The Bertz CT molecular complexity index is 323. The minimum Gasteiger partial charge on any atom is -0.444 e. The Morgan fingerprint density at radius 1 is 1.20 bits per heavy atom. The average molecular weight is 302 g/mol. The molecule has 1 saturated heterocycles. The molecule has 116 valence electrons. The van der Waals surface area contributed by atoms with E-state index in [-0.39, 0.29) is 5.91 Å². The van der Waals surface area contributed by atoms with Gasteiger partial charge in [-0.15, -0.1) is 0 Å². The zero-order chi connectivity index (χ0) is 15.0. The van der Waals surface area contributed by atoms with Gasteiger partial charge in [-0.2, -0.15) is 11.8 Å². The number of carbonyl (C=O) groups excluding carboxylic acids is 2. The number of ether oxygens (including phenoxy) is 1. The number of amides is 2. The zero-order valence-electron chi connectivity index (χ0n) is 12.7. The van der Waals surface area contributed by atoms with Gasteiger partial charge in [-0.3, -0.25) is 4.79 Å². The number of alkyl carbamates (subject to hydrolysis) is 1. The molecule has 0 radical (unpaired) electrons. The zero-order valence-corrected chi connectivity index (χ0v) is 13.6. The molecule has 1 fully saturated rings. The van der Waals surface area contributed by atoms with Crippen LogP contribution in [0.5, 0.6) is 0 Å². The number of nitrogens with zero attached hydrogens (tertiary/aromatic N) is 1. The number of hydrogen-bond acceptors (Lipinski definition) is 4. The number of nitrogens with one attached hydrogen (secondary N) is 1. The average Bonchev–Trinajstić information content (AvgIpc) is 2.37. The van der Waals surface area contributed by atoms with Gasteiger partial charge in [0.1, 0.15) is 5.60 Å². The second-order valence-electron chi connectivity index (χ2n) is 5.92. The summed E-state index contributed by atoms with van der Waals surface area (Å²) >= 11 is 1.55. The Labute approximate surface area is 125 Å². The Balaban J connectivity index is 2.04. The van der Waals surface area contributed by atoms with E-state index in [1.165, 1.54) is 6.42 Å². The lowest BCUT2D eigenvalue weighted by Gasteiger charge is -2.26. The minimum absolute atomic E-state index is 0.215. The Hall–Kier alpha value is -0.910. The van der Waals surface area contributed by atoms with Gasteiger partial charge in [-0.05, 0) is 40.0 Å². The van der Waals surface area contributed by atoms with Gasteiger partial charge >= 0.3 is 6.09 Å². The first-order chi connectivity index (χ1) is 9.38. The van der Waals surface area contributed by atoms with E-state index in [9.17, 15) is 9.59 Å². The van der Waals surface area contributed by atoms with Crippen molar-refractivity contribution in [3.63, 3.8) is 0 Å². The molecule has 0 bridgehead atoms. The van der Waals surface area contributed by atoms with Gasteiger partial charge in [0, 0.05) is 25.4 Å². The fourth-order valence-corrected chi connectivity index (χ4v) is 2.68. The molecular formula is C14H26N2O3S. The van der Waals surface area contributed by atoms with Crippen molar-refractivity contribution in [1.29, 1.82) is 0 Å². The smallest absolute Gasteiger partial charge is 0.407 e. The standard InChI is InChI=1S/C14H26N2O3S/c1-14(2,3)19-13(18)15-7-10-20-11-12(17)16-8-5-4-6-9-16/h4-11H2,1-3H3,(H,15,18). The molecule has 0 unspecified atom stereocenters. The number of rotatable bonds is 5. The van der Waals surface area contributed by atoms with Crippen LogP contribution in [-0.2, 0) is 9.53 Å². The van der Waals surface area contributed by atoms with Crippen LogP contribution in [-0.4, -0.2) is 53.6 Å². The molecule has 6 heteroatoms. The van der Waals surface area contributed by atoms with Crippen molar-refractivity contribution in [1.82, 2.24) is 10.2 Å². The van der Waals surface area contributed by atoms with Gasteiger partial charge < -0.3 is 15.0 Å². The maximum absolute atomic E-state index is 11.9. The van der Waals surface area contributed by atoms with Crippen molar-refractivity contribution < 1.29 is 14.3 Å². The van der Waals surface area contributed by atoms with E-state index in [0.717, 1.165) is 31.7 Å². The van der Waals surface area contributed by atoms with E-state index in [1.54, 1.807) is 11.8 Å². The fourth-order valence-electron chi connectivity index (χ4n) is 1.93. The summed E-state index contributed by atoms with van der Waals surface area (Å²) < 4.78 is 5.13. The molecule has 1 aliphatic heterocycles. The lowest BCUT2D eigenvalue weighted by atomic mass is 10.1. The molecule has 5 nitrogen and oxygen atoms in total. The second-order valence-corrected chi connectivity index (χ2v) is 7.03. The van der Waals surface area contributed by atoms with Gasteiger partial charge in [0.2, 0.25) is 5.91 Å². The lowest BCUT2D eigenvalue weighted by Crippen LogP contribution is -2.37. The molecule has 1 heterocycles. The molecule has 0 saturated carbocycles. The summed E-state index contributed by atoms with van der Waals surface area (Å²) in [7, 11) is 0. The SMILES string of the molecule is CC(C)(C)OC(=O)NCCSCC(=O)N1CCCCC1. The summed E-state index contributed by atoms with van der Waals surface area (Å²) in [6.45, 7) is 7.81. The summed E-state index contributed by atoms with van der Waals surface area (Å²) in [5.41, 5.74) is -0.471. The summed E-state index contributed by atoms with van der Waals surface area (Å²) in [4.78, 5) is 25.2. The maximum atomic E-state index is 11.9. The molecule has 0 aromatic rings. The highest BCUT2D eigenvalue weighted by Gasteiger charge is 2.17. The van der Waals surface area contributed by atoms with E-state index in [4.69, 9.17) is 4.74 Å². The topological polar surface area (TPSA) is 58.6 Å². The molecule has 1 rings (SSSR count). The van der Waals surface area contributed by atoms with Crippen molar-refractivity contribution in [2.24, 2.45) is 0 Å². The highest BCUT2D eigenvalue weighted by atomic mass is 32.2. The first-order valence-corrected chi connectivity index (χ1v) is 8.36. The third-order valence-corrected chi connectivity index (χ3v) is 3.79. The van der Waals surface area contributed by atoms with Crippen molar-refractivity contribution in [3.05, 3.63) is 0 Å². The van der Waals surface area contributed by atoms with Crippen molar-refractivity contribution in [2.75, 3.05) is 31.1 Å². The first-order valence-electron chi connectivity index (χ1n) is 7.21. The molecule has 0 aromatic heterocycles. The van der Waals surface area contributed by atoms with Crippen LogP contribution in [0, 0.1) is 0 Å². The Morgan fingerprint density at radius 2 is 1.85 bits per heavy atom. The molecule has 1 aliphatic rings. The van der Waals surface area contributed by atoms with Gasteiger partial charge in [0.05, 0.1) is 5.75 Å². The Morgan fingerprint density at radius 3 is 2.45 bits per heavy atom. The summed E-state index contributed by atoms with van der Waals surface area (Å²) in [5.74, 6) is 1.43. The molecule has 0 aliphatic carbocycles. The van der Waals surface area contributed by atoms with Gasteiger partial charge in [-0.1, -0.05) is 0 Å². The van der Waals surface area contributed by atoms with E-state index in [1.807, 2.05) is 25.7 Å². The maximum Gasteiger partial charge on any atom is 0.407 e. The van der Waals surface area contributed by atoms with Gasteiger partial charge in [-0.25, -0.2) is 4.79 Å². The van der Waals surface area contributed by atoms with Gasteiger partial charge in [0.25, 0.3) is 0 Å². The molecular weight excluding hydrogens is 276 g/mol. The van der Waals surface area contributed by atoms with E-state index >= 15 is 0 Å². The van der Waals surface area contributed by atoms with Crippen molar-refractivity contribution in [2.45, 2.75) is 45.6 Å². The van der Waals surface area contributed by atoms with Crippen LogP contribution in [0.1, 0.15) is 40.0 Å². The second kappa shape index (κ2) is 8.39. The van der Waals surface area contributed by atoms with Crippen LogP contribution in [0.2, 0.25) is 0 Å². The largest absolute Gasteiger partial charge is 0.444 e.